The highest BCUT2D eigenvalue weighted by Gasteiger charge is 2.12. The first kappa shape index (κ1) is 14.3. The summed E-state index contributed by atoms with van der Waals surface area (Å²) in [6.07, 6.45) is 2.74. The molecule has 0 spiro atoms. The van der Waals surface area contributed by atoms with Gasteiger partial charge >= 0.3 is 0 Å². The van der Waals surface area contributed by atoms with Crippen LogP contribution in [0.5, 0.6) is 0 Å². The summed E-state index contributed by atoms with van der Waals surface area (Å²) >= 11 is 0. The summed E-state index contributed by atoms with van der Waals surface area (Å²) in [6.45, 7) is 4.03. The molecule has 0 aliphatic heterocycles. The minimum atomic E-state index is -0.0823. The Kier molecular flexibility index (Phi) is 3.87. The number of rotatable bonds is 4. The van der Waals surface area contributed by atoms with E-state index in [2.05, 4.69) is 15.5 Å². The van der Waals surface area contributed by atoms with E-state index in [0.29, 0.717) is 11.2 Å². The molecule has 22 heavy (non-hydrogen) atoms. The molecule has 2 aromatic heterocycles. The van der Waals surface area contributed by atoms with Crippen LogP contribution in [0.3, 0.4) is 0 Å². The number of amides is 1. The molecule has 5 nitrogen and oxygen atoms in total. The van der Waals surface area contributed by atoms with Crippen LogP contribution < -0.4 is 5.32 Å². The summed E-state index contributed by atoms with van der Waals surface area (Å²) in [5.74, 6) is 0.686. The standard InChI is InChI=1S/C17H18N4O/c1-3-12(2)18-17(22)14-9-10-21-15(11-14)19-20-16(21)13-7-5-4-6-8-13/h4-12H,3H2,1-2H3,(H,18,22)/t12-/m0/s1. The van der Waals surface area contributed by atoms with E-state index in [9.17, 15) is 4.79 Å². The number of aromatic nitrogens is 3. The van der Waals surface area contributed by atoms with Crippen LogP contribution in [0.25, 0.3) is 17.0 Å². The van der Waals surface area contributed by atoms with Crippen LogP contribution in [0, 0.1) is 0 Å². The largest absolute Gasteiger partial charge is 0.350 e. The average Bonchev–Trinajstić information content (AvgIpc) is 2.98. The number of hydrogen-bond donors (Lipinski definition) is 1. The van der Waals surface area contributed by atoms with Crippen molar-refractivity contribution in [2.45, 2.75) is 26.3 Å². The maximum atomic E-state index is 12.2. The first-order chi connectivity index (χ1) is 10.7. The highest BCUT2D eigenvalue weighted by Crippen LogP contribution is 2.18. The maximum Gasteiger partial charge on any atom is 0.251 e. The molecular formula is C17H18N4O. The summed E-state index contributed by atoms with van der Waals surface area (Å²) in [7, 11) is 0. The van der Waals surface area contributed by atoms with E-state index in [1.54, 1.807) is 12.1 Å². The van der Waals surface area contributed by atoms with Gasteiger partial charge in [-0.2, -0.15) is 0 Å². The van der Waals surface area contributed by atoms with Gasteiger partial charge in [-0.15, -0.1) is 10.2 Å². The molecule has 0 radical (unpaired) electrons. The molecule has 0 bridgehead atoms. The van der Waals surface area contributed by atoms with Gasteiger partial charge in [0.25, 0.3) is 5.91 Å². The fourth-order valence-electron chi connectivity index (χ4n) is 2.23. The van der Waals surface area contributed by atoms with Gasteiger partial charge in [0, 0.05) is 23.4 Å². The van der Waals surface area contributed by atoms with Crippen LogP contribution >= 0.6 is 0 Å². The maximum absolute atomic E-state index is 12.2. The predicted octanol–water partition coefficient (Wildman–Crippen LogP) is 2.92. The van der Waals surface area contributed by atoms with Crippen molar-refractivity contribution in [2.24, 2.45) is 0 Å². The second-order valence-corrected chi connectivity index (χ2v) is 5.32. The van der Waals surface area contributed by atoms with E-state index in [1.165, 1.54) is 0 Å². The molecule has 0 saturated carbocycles. The van der Waals surface area contributed by atoms with Gasteiger partial charge in [-0.25, -0.2) is 0 Å². The Hall–Kier alpha value is -2.69. The molecule has 3 aromatic rings. The summed E-state index contributed by atoms with van der Waals surface area (Å²) in [5.41, 5.74) is 2.25. The zero-order valence-electron chi connectivity index (χ0n) is 12.7. The Balaban J connectivity index is 1.94. The lowest BCUT2D eigenvalue weighted by molar-refractivity contribution is 0.0939. The van der Waals surface area contributed by atoms with Crippen molar-refractivity contribution < 1.29 is 4.79 Å². The Bertz CT molecular complexity index is 795. The Labute approximate surface area is 129 Å². The Morgan fingerprint density at radius 2 is 2.00 bits per heavy atom. The minimum Gasteiger partial charge on any atom is -0.350 e. The van der Waals surface area contributed by atoms with Gasteiger partial charge < -0.3 is 5.32 Å². The Morgan fingerprint density at radius 1 is 1.23 bits per heavy atom. The van der Waals surface area contributed by atoms with Crippen molar-refractivity contribution in [3.05, 3.63) is 54.2 Å². The fraction of sp³-hybridized carbons (Fsp3) is 0.235. The monoisotopic (exact) mass is 294 g/mol. The van der Waals surface area contributed by atoms with Gasteiger partial charge in [-0.05, 0) is 25.5 Å². The second-order valence-electron chi connectivity index (χ2n) is 5.32. The fourth-order valence-corrected chi connectivity index (χ4v) is 2.23. The molecule has 1 aromatic carbocycles. The minimum absolute atomic E-state index is 0.0823. The molecule has 0 aliphatic carbocycles. The zero-order chi connectivity index (χ0) is 15.5. The molecule has 1 atom stereocenters. The smallest absolute Gasteiger partial charge is 0.251 e. The van der Waals surface area contributed by atoms with E-state index >= 15 is 0 Å². The number of carbonyl (C=O) groups excluding carboxylic acids is 1. The molecule has 0 saturated heterocycles. The molecule has 0 unspecified atom stereocenters. The highest BCUT2D eigenvalue weighted by atomic mass is 16.1. The van der Waals surface area contributed by atoms with Gasteiger partial charge in [-0.3, -0.25) is 9.20 Å². The molecular weight excluding hydrogens is 276 g/mol. The number of fused-ring (bicyclic) bond motifs is 1. The van der Waals surface area contributed by atoms with Gasteiger partial charge in [0.15, 0.2) is 11.5 Å². The molecule has 2 heterocycles. The summed E-state index contributed by atoms with van der Waals surface area (Å²) < 4.78 is 1.88. The molecule has 0 aliphatic rings. The predicted molar refractivity (Wildman–Crippen MR) is 85.6 cm³/mol. The topological polar surface area (TPSA) is 59.3 Å². The quantitative estimate of drug-likeness (QED) is 0.805. The van der Waals surface area contributed by atoms with Crippen LogP contribution in [-0.4, -0.2) is 26.5 Å². The summed E-state index contributed by atoms with van der Waals surface area (Å²) in [6, 6.07) is 13.6. The van der Waals surface area contributed by atoms with E-state index in [4.69, 9.17) is 0 Å². The first-order valence-electron chi connectivity index (χ1n) is 7.40. The molecule has 3 rings (SSSR count). The number of nitrogens with zero attached hydrogens (tertiary/aromatic N) is 3. The molecule has 1 N–H and O–H groups in total. The lowest BCUT2D eigenvalue weighted by Crippen LogP contribution is -2.31. The zero-order valence-corrected chi connectivity index (χ0v) is 12.7. The van der Waals surface area contributed by atoms with E-state index in [0.717, 1.165) is 17.8 Å². The van der Waals surface area contributed by atoms with Crippen LogP contribution in [0.2, 0.25) is 0 Å². The van der Waals surface area contributed by atoms with Gasteiger partial charge in [0.1, 0.15) is 0 Å². The number of nitrogens with one attached hydrogen (secondary N) is 1. The lowest BCUT2D eigenvalue weighted by atomic mass is 10.2. The van der Waals surface area contributed by atoms with Crippen molar-refractivity contribution in [3.63, 3.8) is 0 Å². The van der Waals surface area contributed by atoms with Crippen molar-refractivity contribution in [1.29, 1.82) is 0 Å². The van der Waals surface area contributed by atoms with Crippen molar-refractivity contribution >= 4 is 11.6 Å². The summed E-state index contributed by atoms with van der Waals surface area (Å²) in [5, 5.41) is 11.3. The van der Waals surface area contributed by atoms with Gasteiger partial charge in [-0.1, -0.05) is 37.3 Å². The number of hydrogen-bond acceptors (Lipinski definition) is 3. The third kappa shape index (κ3) is 2.70. The van der Waals surface area contributed by atoms with Crippen molar-refractivity contribution in [3.8, 4) is 11.4 Å². The number of pyridine rings is 1. The third-order valence-electron chi connectivity index (χ3n) is 3.69. The van der Waals surface area contributed by atoms with Crippen LogP contribution in [0.1, 0.15) is 30.6 Å². The highest BCUT2D eigenvalue weighted by molar-refractivity contribution is 5.95. The van der Waals surface area contributed by atoms with Crippen LogP contribution in [0.4, 0.5) is 0 Å². The third-order valence-corrected chi connectivity index (χ3v) is 3.69. The van der Waals surface area contributed by atoms with Gasteiger partial charge in [0.05, 0.1) is 0 Å². The molecule has 112 valence electrons. The van der Waals surface area contributed by atoms with E-state index < -0.39 is 0 Å². The van der Waals surface area contributed by atoms with Gasteiger partial charge in [0.2, 0.25) is 0 Å². The average molecular weight is 294 g/mol. The molecule has 0 fully saturated rings. The first-order valence-corrected chi connectivity index (χ1v) is 7.40. The Morgan fingerprint density at radius 3 is 2.73 bits per heavy atom. The van der Waals surface area contributed by atoms with E-state index in [-0.39, 0.29) is 11.9 Å². The second kappa shape index (κ2) is 5.97. The number of carbonyl (C=O) groups is 1. The van der Waals surface area contributed by atoms with Crippen molar-refractivity contribution in [1.82, 2.24) is 19.9 Å². The van der Waals surface area contributed by atoms with Crippen LogP contribution in [-0.2, 0) is 0 Å². The lowest BCUT2D eigenvalue weighted by Gasteiger charge is -2.11. The van der Waals surface area contributed by atoms with E-state index in [1.807, 2.05) is 54.8 Å². The number of benzene rings is 1. The van der Waals surface area contributed by atoms with Crippen molar-refractivity contribution in [2.75, 3.05) is 0 Å². The molecule has 5 heteroatoms. The molecule has 1 amide bonds. The normalized spacial score (nSPS) is 12.3. The summed E-state index contributed by atoms with van der Waals surface area (Å²) in [4.78, 5) is 12.2. The SMILES string of the molecule is CC[C@H](C)NC(=O)c1ccn2c(-c3ccccc3)nnc2c1. The van der Waals surface area contributed by atoms with Crippen LogP contribution in [0.15, 0.2) is 48.7 Å².